The molecule has 0 amide bonds. The number of aromatic nitrogens is 2. The van der Waals surface area contributed by atoms with Gasteiger partial charge in [-0.2, -0.15) is 0 Å². The maximum Gasteiger partial charge on any atom is 0.187 e. The van der Waals surface area contributed by atoms with Crippen molar-refractivity contribution in [3.05, 3.63) is 35.6 Å². The Morgan fingerprint density at radius 3 is 3.00 bits per heavy atom. The molecule has 14 heavy (non-hydrogen) atoms. The number of nitrogens with two attached hydrogens (primary N) is 1. The molecule has 4 nitrogen and oxygen atoms in total. The van der Waals surface area contributed by atoms with E-state index in [9.17, 15) is 0 Å². The average molecular weight is 206 g/mol. The van der Waals surface area contributed by atoms with Gasteiger partial charge in [-0.1, -0.05) is 0 Å². The zero-order chi connectivity index (χ0) is 9.80. The molecule has 0 unspecified atom stereocenters. The van der Waals surface area contributed by atoms with Gasteiger partial charge in [0.2, 0.25) is 0 Å². The minimum Gasteiger partial charge on any atom is -0.330 e. The SMILES string of the molecule is NCc1ncccc1Nc1nccs1. The first-order chi connectivity index (χ1) is 6.90. The van der Waals surface area contributed by atoms with Crippen LogP contribution in [0.2, 0.25) is 0 Å². The van der Waals surface area contributed by atoms with Crippen LogP contribution in [-0.4, -0.2) is 9.97 Å². The Labute approximate surface area is 85.8 Å². The van der Waals surface area contributed by atoms with Gasteiger partial charge in [0.25, 0.3) is 0 Å². The summed E-state index contributed by atoms with van der Waals surface area (Å²) >= 11 is 1.55. The third-order valence-corrected chi connectivity index (χ3v) is 2.45. The van der Waals surface area contributed by atoms with Crippen molar-refractivity contribution in [1.82, 2.24) is 9.97 Å². The highest BCUT2D eigenvalue weighted by molar-refractivity contribution is 7.13. The normalized spacial score (nSPS) is 10.1. The smallest absolute Gasteiger partial charge is 0.187 e. The Morgan fingerprint density at radius 2 is 2.29 bits per heavy atom. The van der Waals surface area contributed by atoms with Gasteiger partial charge >= 0.3 is 0 Å². The molecule has 0 spiro atoms. The summed E-state index contributed by atoms with van der Waals surface area (Å²) in [5, 5.41) is 5.94. The van der Waals surface area contributed by atoms with E-state index in [1.54, 1.807) is 23.7 Å². The van der Waals surface area contributed by atoms with Crippen molar-refractivity contribution >= 4 is 22.2 Å². The third-order valence-electron chi connectivity index (χ3n) is 1.76. The number of anilines is 2. The molecule has 3 N–H and O–H groups in total. The molecular formula is C9H10N4S. The van der Waals surface area contributed by atoms with Gasteiger partial charge in [-0.05, 0) is 12.1 Å². The lowest BCUT2D eigenvalue weighted by Crippen LogP contribution is -2.03. The quantitative estimate of drug-likeness (QED) is 0.803. The molecule has 2 aromatic heterocycles. The van der Waals surface area contributed by atoms with Crippen LogP contribution in [0.5, 0.6) is 0 Å². The van der Waals surface area contributed by atoms with Crippen molar-refractivity contribution < 1.29 is 0 Å². The van der Waals surface area contributed by atoms with Crippen molar-refractivity contribution in [2.45, 2.75) is 6.54 Å². The van der Waals surface area contributed by atoms with Crippen molar-refractivity contribution in [2.75, 3.05) is 5.32 Å². The van der Waals surface area contributed by atoms with Gasteiger partial charge in [-0.25, -0.2) is 4.98 Å². The maximum absolute atomic E-state index is 5.56. The lowest BCUT2D eigenvalue weighted by atomic mass is 10.3. The average Bonchev–Trinajstić information content (AvgIpc) is 2.71. The minimum atomic E-state index is 0.425. The molecular weight excluding hydrogens is 196 g/mol. The summed E-state index contributed by atoms with van der Waals surface area (Å²) in [5.74, 6) is 0. The van der Waals surface area contributed by atoms with Gasteiger partial charge in [-0.3, -0.25) is 4.98 Å². The van der Waals surface area contributed by atoms with E-state index in [1.807, 2.05) is 17.5 Å². The summed E-state index contributed by atoms with van der Waals surface area (Å²) in [6.45, 7) is 0.425. The Kier molecular flexibility index (Phi) is 2.71. The summed E-state index contributed by atoms with van der Waals surface area (Å²) in [7, 11) is 0. The fraction of sp³-hybridized carbons (Fsp3) is 0.111. The lowest BCUT2D eigenvalue weighted by Gasteiger charge is -2.06. The Bertz CT molecular complexity index is 399. The molecule has 2 rings (SSSR count). The monoisotopic (exact) mass is 206 g/mol. The first-order valence-electron chi connectivity index (χ1n) is 4.20. The number of thiazole rings is 1. The molecule has 0 atom stereocenters. The topological polar surface area (TPSA) is 63.8 Å². The molecule has 0 saturated heterocycles. The van der Waals surface area contributed by atoms with E-state index in [1.165, 1.54) is 0 Å². The Hall–Kier alpha value is -1.46. The van der Waals surface area contributed by atoms with Crippen molar-refractivity contribution in [3.8, 4) is 0 Å². The molecule has 2 aromatic rings. The zero-order valence-corrected chi connectivity index (χ0v) is 8.29. The van der Waals surface area contributed by atoms with Crippen LogP contribution in [-0.2, 0) is 6.54 Å². The highest BCUT2D eigenvalue weighted by Gasteiger charge is 2.02. The summed E-state index contributed by atoms with van der Waals surface area (Å²) in [4.78, 5) is 8.29. The molecule has 0 aromatic carbocycles. The molecule has 0 aliphatic heterocycles. The van der Waals surface area contributed by atoms with Crippen LogP contribution in [0.15, 0.2) is 29.9 Å². The van der Waals surface area contributed by atoms with Gasteiger partial charge in [-0.15, -0.1) is 11.3 Å². The lowest BCUT2D eigenvalue weighted by molar-refractivity contribution is 0.993. The number of hydrogen-bond acceptors (Lipinski definition) is 5. The summed E-state index contributed by atoms with van der Waals surface area (Å²) in [6, 6.07) is 3.81. The first-order valence-corrected chi connectivity index (χ1v) is 5.08. The van der Waals surface area contributed by atoms with Gasteiger partial charge in [0.15, 0.2) is 5.13 Å². The van der Waals surface area contributed by atoms with E-state index in [-0.39, 0.29) is 0 Å². The maximum atomic E-state index is 5.56. The summed E-state index contributed by atoms with van der Waals surface area (Å²) in [5.41, 5.74) is 7.33. The Balaban J connectivity index is 2.24. The number of hydrogen-bond donors (Lipinski definition) is 2. The standard InChI is InChI=1S/C9H10N4S/c10-6-8-7(2-1-3-11-8)13-9-12-4-5-14-9/h1-5H,6,10H2,(H,12,13). The minimum absolute atomic E-state index is 0.425. The first kappa shape index (κ1) is 9.11. The second-order valence-electron chi connectivity index (χ2n) is 2.66. The van der Waals surface area contributed by atoms with Crippen molar-refractivity contribution in [3.63, 3.8) is 0 Å². The number of nitrogens with zero attached hydrogens (tertiary/aromatic N) is 2. The molecule has 0 aliphatic carbocycles. The summed E-state index contributed by atoms with van der Waals surface area (Å²) < 4.78 is 0. The van der Waals surface area contributed by atoms with Gasteiger partial charge in [0.1, 0.15) is 0 Å². The van der Waals surface area contributed by atoms with E-state index in [4.69, 9.17) is 5.73 Å². The van der Waals surface area contributed by atoms with Crippen LogP contribution in [0.1, 0.15) is 5.69 Å². The van der Waals surface area contributed by atoms with Crippen molar-refractivity contribution in [1.29, 1.82) is 0 Å². The molecule has 0 saturated carbocycles. The largest absolute Gasteiger partial charge is 0.330 e. The van der Waals surface area contributed by atoms with Crippen LogP contribution in [0, 0.1) is 0 Å². The van der Waals surface area contributed by atoms with Crippen LogP contribution < -0.4 is 11.1 Å². The van der Waals surface area contributed by atoms with Crippen LogP contribution >= 0.6 is 11.3 Å². The van der Waals surface area contributed by atoms with E-state index in [0.29, 0.717) is 6.54 Å². The van der Waals surface area contributed by atoms with Gasteiger partial charge in [0, 0.05) is 24.3 Å². The van der Waals surface area contributed by atoms with E-state index in [0.717, 1.165) is 16.5 Å². The van der Waals surface area contributed by atoms with E-state index < -0.39 is 0 Å². The van der Waals surface area contributed by atoms with Crippen LogP contribution in [0.4, 0.5) is 10.8 Å². The number of nitrogens with one attached hydrogen (secondary N) is 1. The van der Waals surface area contributed by atoms with Crippen molar-refractivity contribution in [2.24, 2.45) is 5.73 Å². The predicted molar refractivity (Wildman–Crippen MR) is 57.5 cm³/mol. The number of rotatable bonds is 3. The fourth-order valence-corrected chi connectivity index (χ4v) is 1.66. The van der Waals surface area contributed by atoms with Gasteiger partial charge < -0.3 is 11.1 Å². The Morgan fingerprint density at radius 1 is 1.36 bits per heavy atom. The second kappa shape index (κ2) is 4.17. The van der Waals surface area contributed by atoms with Crippen LogP contribution in [0.3, 0.4) is 0 Å². The van der Waals surface area contributed by atoms with Gasteiger partial charge in [0.05, 0.1) is 11.4 Å². The number of pyridine rings is 1. The molecule has 72 valence electrons. The fourth-order valence-electron chi connectivity index (χ4n) is 1.11. The van der Waals surface area contributed by atoms with E-state index >= 15 is 0 Å². The third kappa shape index (κ3) is 1.89. The molecule has 0 bridgehead atoms. The molecule has 0 fully saturated rings. The zero-order valence-electron chi connectivity index (χ0n) is 7.47. The molecule has 5 heteroatoms. The second-order valence-corrected chi connectivity index (χ2v) is 3.56. The highest BCUT2D eigenvalue weighted by Crippen LogP contribution is 2.20. The van der Waals surface area contributed by atoms with E-state index in [2.05, 4.69) is 15.3 Å². The highest BCUT2D eigenvalue weighted by atomic mass is 32.1. The summed E-state index contributed by atoms with van der Waals surface area (Å²) in [6.07, 6.45) is 3.49. The molecule has 0 aliphatic rings. The van der Waals surface area contributed by atoms with Crippen LogP contribution in [0.25, 0.3) is 0 Å². The molecule has 0 radical (unpaired) electrons. The predicted octanol–water partition coefficient (Wildman–Crippen LogP) is 1.74. The molecule has 2 heterocycles.